The maximum Gasteiger partial charge on any atom is 0.420 e. The van der Waals surface area contributed by atoms with E-state index in [2.05, 4.69) is 19.2 Å². The fourth-order valence-corrected chi connectivity index (χ4v) is 3.53. The molecule has 1 aliphatic carbocycles. The Bertz CT molecular complexity index is 780. The van der Waals surface area contributed by atoms with E-state index in [1.165, 1.54) is 11.0 Å². The van der Waals surface area contributed by atoms with Crippen molar-refractivity contribution in [2.75, 3.05) is 0 Å². The second kappa shape index (κ2) is 6.40. The molecule has 1 N–H and O–H groups in total. The maximum atomic E-state index is 12.4. The quantitative estimate of drug-likeness (QED) is 0.936. The molecule has 1 aromatic heterocycles. The van der Waals surface area contributed by atoms with E-state index in [1.807, 2.05) is 0 Å². The van der Waals surface area contributed by atoms with Gasteiger partial charge < -0.3 is 9.73 Å². The van der Waals surface area contributed by atoms with Gasteiger partial charge in [0.1, 0.15) is 6.54 Å². The highest BCUT2D eigenvalue weighted by Crippen LogP contribution is 2.29. The smallest absolute Gasteiger partial charge is 0.408 e. The van der Waals surface area contributed by atoms with Crippen LogP contribution >= 0.6 is 11.6 Å². The maximum absolute atomic E-state index is 12.4. The second-order valence-corrected chi connectivity index (χ2v) is 6.94. The summed E-state index contributed by atoms with van der Waals surface area (Å²) in [5.41, 5.74) is 0.981. The fourth-order valence-electron chi connectivity index (χ4n) is 3.37. The standard InChI is InChI=1S/C17H21ClN2O3/c1-10-4-3-5-13(11(10)2)19-16(21)9-20-14-7-6-12(18)8-15(14)23-17(20)22/h6-8,10-11,13H,3-5,9H2,1-2H3,(H,19,21)/t10-,11-,13+/m1/s1. The van der Waals surface area contributed by atoms with Gasteiger partial charge in [0.05, 0.1) is 5.52 Å². The lowest BCUT2D eigenvalue weighted by molar-refractivity contribution is -0.123. The number of nitrogens with one attached hydrogen (secondary N) is 1. The molecular formula is C17H21ClN2O3. The predicted octanol–water partition coefficient (Wildman–Crippen LogP) is 3.19. The summed E-state index contributed by atoms with van der Waals surface area (Å²) in [4.78, 5) is 24.3. The number of carbonyl (C=O) groups excluding carboxylic acids is 1. The van der Waals surface area contributed by atoms with Gasteiger partial charge in [-0.05, 0) is 30.4 Å². The Morgan fingerprint density at radius 1 is 1.39 bits per heavy atom. The molecule has 2 aromatic rings. The van der Waals surface area contributed by atoms with Gasteiger partial charge >= 0.3 is 5.76 Å². The number of oxazole rings is 1. The van der Waals surface area contributed by atoms with Crippen molar-refractivity contribution in [3.8, 4) is 0 Å². The number of benzene rings is 1. The molecule has 0 spiro atoms. The SMILES string of the molecule is C[C@@H]1[C@H](C)CCC[C@@H]1NC(=O)Cn1c(=O)oc2cc(Cl)ccc21. The average molecular weight is 337 g/mol. The largest absolute Gasteiger partial charge is 0.420 e. The monoisotopic (exact) mass is 336 g/mol. The van der Waals surface area contributed by atoms with Gasteiger partial charge in [-0.15, -0.1) is 0 Å². The van der Waals surface area contributed by atoms with Crippen LogP contribution in [0.5, 0.6) is 0 Å². The first-order valence-electron chi connectivity index (χ1n) is 8.04. The van der Waals surface area contributed by atoms with Gasteiger partial charge in [-0.2, -0.15) is 0 Å². The first-order chi connectivity index (χ1) is 11.0. The van der Waals surface area contributed by atoms with E-state index in [4.69, 9.17) is 16.0 Å². The summed E-state index contributed by atoms with van der Waals surface area (Å²) in [5.74, 6) is 0.358. The second-order valence-electron chi connectivity index (χ2n) is 6.51. The van der Waals surface area contributed by atoms with Crippen LogP contribution in [-0.4, -0.2) is 16.5 Å². The third-order valence-electron chi connectivity index (χ3n) is 4.99. The Balaban J connectivity index is 1.75. The van der Waals surface area contributed by atoms with Crippen LogP contribution in [0.15, 0.2) is 27.4 Å². The van der Waals surface area contributed by atoms with Crippen molar-refractivity contribution < 1.29 is 9.21 Å². The fraction of sp³-hybridized carbons (Fsp3) is 0.529. The Hall–Kier alpha value is -1.75. The van der Waals surface area contributed by atoms with Crippen molar-refractivity contribution in [1.82, 2.24) is 9.88 Å². The number of fused-ring (bicyclic) bond motifs is 1. The molecule has 1 aromatic carbocycles. The molecule has 23 heavy (non-hydrogen) atoms. The van der Waals surface area contributed by atoms with Crippen molar-refractivity contribution in [2.45, 2.75) is 45.7 Å². The highest BCUT2D eigenvalue weighted by molar-refractivity contribution is 6.31. The van der Waals surface area contributed by atoms with E-state index in [1.54, 1.807) is 18.2 Å². The molecule has 1 aliphatic rings. The zero-order valence-corrected chi connectivity index (χ0v) is 14.1. The number of hydrogen-bond acceptors (Lipinski definition) is 3. The topological polar surface area (TPSA) is 64.2 Å². The molecular weight excluding hydrogens is 316 g/mol. The van der Waals surface area contributed by atoms with Crippen LogP contribution in [0.25, 0.3) is 11.1 Å². The van der Waals surface area contributed by atoms with E-state index >= 15 is 0 Å². The first kappa shape index (κ1) is 16.1. The van der Waals surface area contributed by atoms with Gasteiger partial charge in [-0.1, -0.05) is 38.3 Å². The van der Waals surface area contributed by atoms with Crippen LogP contribution in [-0.2, 0) is 11.3 Å². The number of halogens is 1. The molecule has 0 radical (unpaired) electrons. The minimum Gasteiger partial charge on any atom is -0.408 e. The van der Waals surface area contributed by atoms with Gasteiger partial charge in [-0.3, -0.25) is 9.36 Å². The van der Waals surface area contributed by atoms with E-state index < -0.39 is 5.76 Å². The molecule has 124 valence electrons. The molecule has 1 amide bonds. The molecule has 0 unspecified atom stereocenters. The summed E-state index contributed by atoms with van der Waals surface area (Å²) < 4.78 is 6.50. The molecule has 0 bridgehead atoms. The van der Waals surface area contributed by atoms with Gasteiger partial charge in [0, 0.05) is 17.1 Å². The Morgan fingerprint density at radius 3 is 2.96 bits per heavy atom. The molecule has 0 aliphatic heterocycles. The van der Waals surface area contributed by atoms with Crippen molar-refractivity contribution in [3.05, 3.63) is 33.8 Å². The minimum absolute atomic E-state index is 0.0366. The summed E-state index contributed by atoms with van der Waals surface area (Å²) in [6, 6.07) is 5.13. The van der Waals surface area contributed by atoms with Crippen LogP contribution in [0.3, 0.4) is 0 Å². The first-order valence-corrected chi connectivity index (χ1v) is 8.42. The molecule has 6 heteroatoms. The van der Waals surface area contributed by atoms with E-state index in [-0.39, 0.29) is 18.5 Å². The molecule has 1 fully saturated rings. The van der Waals surface area contributed by atoms with Gasteiger partial charge in [0.25, 0.3) is 0 Å². The lowest BCUT2D eigenvalue weighted by Crippen LogP contribution is -2.45. The lowest BCUT2D eigenvalue weighted by atomic mass is 9.78. The lowest BCUT2D eigenvalue weighted by Gasteiger charge is -2.34. The number of hydrogen-bond donors (Lipinski definition) is 1. The number of amides is 1. The van der Waals surface area contributed by atoms with Crippen molar-refractivity contribution in [3.63, 3.8) is 0 Å². The van der Waals surface area contributed by atoms with Crippen LogP contribution in [0.4, 0.5) is 0 Å². The molecule has 3 atom stereocenters. The zero-order valence-electron chi connectivity index (χ0n) is 13.3. The predicted molar refractivity (Wildman–Crippen MR) is 89.6 cm³/mol. The highest BCUT2D eigenvalue weighted by atomic mass is 35.5. The van der Waals surface area contributed by atoms with Gasteiger partial charge in [0.15, 0.2) is 5.58 Å². The minimum atomic E-state index is -0.539. The van der Waals surface area contributed by atoms with Crippen LogP contribution < -0.4 is 11.1 Å². The van der Waals surface area contributed by atoms with Crippen LogP contribution in [0.2, 0.25) is 5.02 Å². The average Bonchev–Trinajstić information content (AvgIpc) is 2.79. The van der Waals surface area contributed by atoms with Gasteiger partial charge in [0.2, 0.25) is 5.91 Å². The third-order valence-corrected chi connectivity index (χ3v) is 5.22. The number of carbonyl (C=O) groups is 1. The van der Waals surface area contributed by atoms with Crippen molar-refractivity contribution >= 4 is 28.6 Å². The summed E-state index contributed by atoms with van der Waals surface area (Å²) in [6.45, 7) is 4.36. The van der Waals surface area contributed by atoms with Crippen molar-refractivity contribution in [1.29, 1.82) is 0 Å². The molecule has 1 heterocycles. The Kier molecular flexibility index (Phi) is 4.48. The van der Waals surface area contributed by atoms with Gasteiger partial charge in [-0.25, -0.2) is 4.79 Å². The number of nitrogens with zero attached hydrogens (tertiary/aromatic N) is 1. The van der Waals surface area contributed by atoms with Crippen LogP contribution in [0.1, 0.15) is 33.1 Å². The molecule has 5 nitrogen and oxygen atoms in total. The third kappa shape index (κ3) is 3.29. The highest BCUT2D eigenvalue weighted by Gasteiger charge is 2.28. The normalized spacial score (nSPS) is 24.7. The zero-order chi connectivity index (χ0) is 16.6. The summed E-state index contributed by atoms with van der Waals surface area (Å²) in [5, 5.41) is 3.57. The number of rotatable bonds is 3. The summed E-state index contributed by atoms with van der Waals surface area (Å²) in [6.07, 6.45) is 3.33. The summed E-state index contributed by atoms with van der Waals surface area (Å²) >= 11 is 5.89. The van der Waals surface area contributed by atoms with Crippen molar-refractivity contribution in [2.24, 2.45) is 11.8 Å². The number of aromatic nitrogens is 1. The molecule has 0 saturated heterocycles. The van der Waals surface area contributed by atoms with Crippen LogP contribution in [0, 0.1) is 11.8 Å². The van der Waals surface area contributed by atoms with E-state index in [0.29, 0.717) is 28.0 Å². The molecule has 1 saturated carbocycles. The summed E-state index contributed by atoms with van der Waals surface area (Å²) in [7, 11) is 0. The van der Waals surface area contributed by atoms with E-state index in [0.717, 1.165) is 12.8 Å². The Morgan fingerprint density at radius 2 is 2.17 bits per heavy atom. The Labute approximate surface area is 139 Å². The van der Waals surface area contributed by atoms with E-state index in [9.17, 15) is 9.59 Å². The molecule has 3 rings (SSSR count).